The molecule has 1 aromatic heterocycles. The molecule has 1 N–H and O–H groups in total. The van der Waals surface area contributed by atoms with Gasteiger partial charge in [0.05, 0.1) is 23.6 Å². The second kappa shape index (κ2) is 7.48. The van der Waals surface area contributed by atoms with Gasteiger partial charge in [0.25, 0.3) is 0 Å². The molecule has 4 rings (SSSR count). The molecule has 2 saturated heterocycles. The zero-order chi connectivity index (χ0) is 17.9. The zero-order valence-electron chi connectivity index (χ0n) is 15.1. The summed E-state index contributed by atoms with van der Waals surface area (Å²) in [7, 11) is 0. The van der Waals surface area contributed by atoms with Crippen LogP contribution in [0.15, 0.2) is 24.3 Å². The van der Waals surface area contributed by atoms with Crippen molar-refractivity contribution in [3.63, 3.8) is 0 Å². The van der Waals surface area contributed by atoms with Gasteiger partial charge in [0.1, 0.15) is 5.82 Å². The van der Waals surface area contributed by atoms with Gasteiger partial charge < -0.3 is 14.8 Å². The highest BCUT2D eigenvalue weighted by Gasteiger charge is 2.31. The molecule has 2 aliphatic rings. The number of carbonyl (C=O) groups excluding carboxylic acids is 2. The fraction of sp³-hybridized carbons (Fsp3) is 0.550. The molecule has 6 nitrogen and oxygen atoms in total. The number of para-hydroxylation sites is 2. The van der Waals surface area contributed by atoms with Crippen LogP contribution in [0.1, 0.15) is 56.8 Å². The van der Waals surface area contributed by atoms with Gasteiger partial charge in [-0.3, -0.25) is 9.59 Å². The first-order chi connectivity index (χ1) is 12.7. The number of likely N-dealkylation sites (tertiary alicyclic amines) is 2. The predicted molar refractivity (Wildman–Crippen MR) is 99.4 cm³/mol. The van der Waals surface area contributed by atoms with Crippen LogP contribution in [0, 0.1) is 0 Å². The van der Waals surface area contributed by atoms with E-state index in [-0.39, 0.29) is 24.4 Å². The van der Waals surface area contributed by atoms with Crippen LogP contribution in [0.5, 0.6) is 0 Å². The summed E-state index contributed by atoms with van der Waals surface area (Å²) in [6.45, 7) is 1.64. The molecule has 0 unspecified atom stereocenters. The molecule has 0 aliphatic carbocycles. The summed E-state index contributed by atoms with van der Waals surface area (Å²) < 4.78 is 0. The Morgan fingerprint density at radius 1 is 1.12 bits per heavy atom. The van der Waals surface area contributed by atoms with Gasteiger partial charge in [-0.2, -0.15) is 0 Å². The monoisotopic (exact) mass is 354 g/mol. The number of aromatic amines is 1. The van der Waals surface area contributed by atoms with Crippen LogP contribution < -0.4 is 0 Å². The minimum Gasteiger partial charge on any atom is -0.340 e. The second-order valence-electron chi connectivity index (χ2n) is 7.36. The molecule has 138 valence electrons. The van der Waals surface area contributed by atoms with E-state index in [4.69, 9.17) is 4.98 Å². The number of hydrogen-bond acceptors (Lipinski definition) is 3. The van der Waals surface area contributed by atoms with E-state index in [0.717, 1.165) is 61.9 Å². The molecule has 0 saturated carbocycles. The van der Waals surface area contributed by atoms with Crippen LogP contribution in [-0.2, 0) is 9.59 Å². The smallest absolute Gasteiger partial charge is 0.242 e. The third kappa shape index (κ3) is 3.45. The summed E-state index contributed by atoms with van der Waals surface area (Å²) in [5, 5.41) is 0. The lowest BCUT2D eigenvalue weighted by Gasteiger charge is -2.36. The Morgan fingerprint density at radius 2 is 1.96 bits per heavy atom. The lowest BCUT2D eigenvalue weighted by Crippen LogP contribution is -2.46. The number of H-pyrrole nitrogens is 1. The maximum Gasteiger partial charge on any atom is 0.242 e. The molecule has 3 heterocycles. The van der Waals surface area contributed by atoms with E-state index >= 15 is 0 Å². The maximum atomic E-state index is 13.0. The van der Waals surface area contributed by atoms with Crippen molar-refractivity contribution in [1.29, 1.82) is 0 Å². The van der Waals surface area contributed by atoms with Gasteiger partial charge >= 0.3 is 0 Å². The lowest BCUT2D eigenvalue weighted by molar-refractivity contribution is -0.142. The highest BCUT2D eigenvalue weighted by molar-refractivity contribution is 5.85. The normalized spacial score (nSPS) is 21.8. The van der Waals surface area contributed by atoms with Crippen LogP contribution in [0.3, 0.4) is 0 Å². The summed E-state index contributed by atoms with van der Waals surface area (Å²) in [5.41, 5.74) is 1.94. The molecule has 0 radical (unpaired) electrons. The summed E-state index contributed by atoms with van der Waals surface area (Å²) in [4.78, 5) is 37.0. The number of rotatable bonds is 3. The maximum absolute atomic E-state index is 13.0. The molecule has 0 bridgehead atoms. The molecule has 6 heteroatoms. The van der Waals surface area contributed by atoms with E-state index in [9.17, 15) is 9.59 Å². The average Bonchev–Trinajstić information content (AvgIpc) is 3.00. The van der Waals surface area contributed by atoms with Crippen LogP contribution in [0.4, 0.5) is 0 Å². The van der Waals surface area contributed by atoms with Crippen LogP contribution in [-0.4, -0.2) is 51.2 Å². The minimum atomic E-state index is -0.0225. The third-order valence-electron chi connectivity index (χ3n) is 5.54. The van der Waals surface area contributed by atoms with Crippen molar-refractivity contribution >= 4 is 22.8 Å². The van der Waals surface area contributed by atoms with Gasteiger partial charge in [0.2, 0.25) is 11.8 Å². The first-order valence-corrected chi connectivity index (χ1v) is 9.74. The predicted octanol–water partition coefficient (Wildman–Crippen LogP) is 3.02. The quantitative estimate of drug-likeness (QED) is 0.921. The minimum absolute atomic E-state index is 0.0225. The highest BCUT2D eigenvalue weighted by atomic mass is 16.2. The molecule has 2 fully saturated rings. The van der Waals surface area contributed by atoms with Crippen LogP contribution >= 0.6 is 0 Å². The third-order valence-corrected chi connectivity index (χ3v) is 5.54. The Morgan fingerprint density at radius 3 is 2.85 bits per heavy atom. The van der Waals surface area contributed by atoms with Crippen molar-refractivity contribution in [2.24, 2.45) is 0 Å². The Balaban J connectivity index is 1.52. The van der Waals surface area contributed by atoms with E-state index in [1.807, 2.05) is 29.2 Å². The molecule has 2 amide bonds. The van der Waals surface area contributed by atoms with Gasteiger partial charge in [0, 0.05) is 19.5 Å². The number of carbonyl (C=O) groups is 2. The molecule has 1 aromatic carbocycles. The van der Waals surface area contributed by atoms with Gasteiger partial charge in [-0.15, -0.1) is 0 Å². The number of amides is 2. The molecule has 26 heavy (non-hydrogen) atoms. The number of fused-ring (bicyclic) bond motifs is 1. The number of imidazole rings is 1. The molecule has 1 atom stereocenters. The fourth-order valence-electron chi connectivity index (χ4n) is 4.10. The standard InChI is InChI=1S/C20H26N4O2/c25-18-11-2-1-6-12-23(18)14-19(26)24-13-7-5-10-17(24)20-21-15-8-3-4-9-16(15)22-20/h3-4,8-9,17H,1-2,5-7,10-14H2,(H,21,22)/t17-/m1/s1. The second-order valence-corrected chi connectivity index (χ2v) is 7.36. The fourth-order valence-corrected chi connectivity index (χ4v) is 4.10. The van der Waals surface area contributed by atoms with Gasteiger partial charge in [0.15, 0.2) is 0 Å². The number of hydrogen-bond donors (Lipinski definition) is 1. The highest BCUT2D eigenvalue weighted by Crippen LogP contribution is 2.30. The van der Waals surface area contributed by atoms with E-state index < -0.39 is 0 Å². The van der Waals surface area contributed by atoms with Crippen molar-refractivity contribution in [2.75, 3.05) is 19.6 Å². The zero-order valence-corrected chi connectivity index (χ0v) is 15.1. The molecule has 2 aliphatic heterocycles. The van der Waals surface area contributed by atoms with Crippen molar-refractivity contribution in [2.45, 2.75) is 51.0 Å². The molecular formula is C20H26N4O2. The van der Waals surface area contributed by atoms with E-state index in [0.29, 0.717) is 13.0 Å². The number of benzene rings is 1. The van der Waals surface area contributed by atoms with Crippen molar-refractivity contribution in [1.82, 2.24) is 19.8 Å². The van der Waals surface area contributed by atoms with Crippen molar-refractivity contribution in [3.8, 4) is 0 Å². The van der Waals surface area contributed by atoms with Gasteiger partial charge in [-0.25, -0.2) is 4.98 Å². The van der Waals surface area contributed by atoms with Crippen LogP contribution in [0.25, 0.3) is 11.0 Å². The summed E-state index contributed by atoms with van der Waals surface area (Å²) >= 11 is 0. The van der Waals surface area contributed by atoms with Gasteiger partial charge in [-0.1, -0.05) is 18.6 Å². The van der Waals surface area contributed by atoms with Crippen molar-refractivity contribution < 1.29 is 9.59 Å². The summed E-state index contributed by atoms with van der Waals surface area (Å²) in [5.74, 6) is 1.03. The molecule has 0 spiro atoms. The summed E-state index contributed by atoms with van der Waals surface area (Å²) in [6.07, 6.45) is 6.59. The Hall–Kier alpha value is -2.37. The largest absolute Gasteiger partial charge is 0.340 e. The SMILES string of the molecule is O=C1CCCCCN1CC(=O)N1CCCC[C@@H]1c1nc2ccccc2[nH]1. The van der Waals surface area contributed by atoms with E-state index in [1.54, 1.807) is 4.90 Å². The Bertz CT molecular complexity index is 767. The number of aromatic nitrogens is 2. The lowest BCUT2D eigenvalue weighted by atomic mass is 10.0. The van der Waals surface area contributed by atoms with Crippen LogP contribution in [0.2, 0.25) is 0 Å². The number of piperidine rings is 1. The molecule has 2 aromatic rings. The molecular weight excluding hydrogens is 328 g/mol. The number of nitrogens with one attached hydrogen (secondary N) is 1. The number of nitrogens with zero attached hydrogens (tertiary/aromatic N) is 3. The Kier molecular flexibility index (Phi) is 4.91. The van der Waals surface area contributed by atoms with Crippen molar-refractivity contribution in [3.05, 3.63) is 30.1 Å². The Labute approximate surface area is 153 Å². The average molecular weight is 354 g/mol. The van der Waals surface area contributed by atoms with E-state index in [1.165, 1.54) is 0 Å². The first-order valence-electron chi connectivity index (χ1n) is 9.74. The van der Waals surface area contributed by atoms with Gasteiger partial charge in [-0.05, 0) is 44.2 Å². The topological polar surface area (TPSA) is 69.3 Å². The first kappa shape index (κ1) is 17.1. The van der Waals surface area contributed by atoms with E-state index in [2.05, 4.69) is 4.98 Å². The summed E-state index contributed by atoms with van der Waals surface area (Å²) in [6, 6.07) is 7.93.